The molecule has 1 saturated heterocycles. The van der Waals surface area contributed by atoms with Gasteiger partial charge in [0.1, 0.15) is 5.75 Å². The number of para-hydroxylation sites is 1. The van der Waals surface area contributed by atoms with E-state index in [4.69, 9.17) is 4.74 Å². The van der Waals surface area contributed by atoms with Gasteiger partial charge >= 0.3 is 0 Å². The van der Waals surface area contributed by atoms with Gasteiger partial charge in [0.15, 0.2) is 5.82 Å². The van der Waals surface area contributed by atoms with E-state index in [9.17, 15) is 4.79 Å². The van der Waals surface area contributed by atoms with Gasteiger partial charge in [0.2, 0.25) is 5.91 Å². The molecule has 1 aromatic heterocycles. The van der Waals surface area contributed by atoms with Gasteiger partial charge in [0.05, 0.1) is 5.92 Å². The Morgan fingerprint density at radius 1 is 1.09 bits per heavy atom. The van der Waals surface area contributed by atoms with Crippen molar-refractivity contribution in [3.8, 4) is 11.6 Å². The standard InChI is InChI=1S/C26H30N4O2/c1-3-20-10-12-21(13-11-20)17-29-25(31)22-8-6-16-30(18-22)24-26(28-15-14-27-24)32-23-9-5-4-7-19(23)2/h4-5,7,9-15,22H,3,6,8,16-18H2,1-2H3,(H,29,31)/t22-/m0/s1. The Labute approximate surface area is 189 Å². The summed E-state index contributed by atoms with van der Waals surface area (Å²) in [6.07, 6.45) is 6.11. The Kier molecular flexibility index (Phi) is 7.00. The van der Waals surface area contributed by atoms with Gasteiger partial charge in [0.25, 0.3) is 5.88 Å². The first-order valence-electron chi connectivity index (χ1n) is 11.3. The van der Waals surface area contributed by atoms with Crippen LogP contribution in [0.15, 0.2) is 60.9 Å². The van der Waals surface area contributed by atoms with Crippen LogP contribution in [0.2, 0.25) is 0 Å². The first-order valence-corrected chi connectivity index (χ1v) is 11.3. The van der Waals surface area contributed by atoms with Crippen molar-refractivity contribution in [2.75, 3.05) is 18.0 Å². The number of anilines is 1. The predicted octanol–water partition coefficient (Wildman–Crippen LogP) is 4.67. The fourth-order valence-electron chi connectivity index (χ4n) is 3.99. The molecule has 2 heterocycles. The third-order valence-corrected chi connectivity index (χ3v) is 5.94. The summed E-state index contributed by atoms with van der Waals surface area (Å²) in [7, 11) is 0. The molecule has 3 aromatic rings. The van der Waals surface area contributed by atoms with E-state index in [0.29, 0.717) is 24.8 Å². The summed E-state index contributed by atoms with van der Waals surface area (Å²) in [6, 6.07) is 16.3. The van der Waals surface area contributed by atoms with Crippen LogP contribution in [0.25, 0.3) is 0 Å². The van der Waals surface area contributed by atoms with Gasteiger partial charge in [-0.3, -0.25) is 4.79 Å². The maximum absolute atomic E-state index is 12.9. The van der Waals surface area contributed by atoms with Gasteiger partial charge in [0, 0.05) is 32.0 Å². The SMILES string of the molecule is CCc1ccc(CNC(=O)[C@H]2CCCN(c3nccnc3Oc3ccccc3C)C2)cc1. The number of aryl methyl sites for hydroxylation is 2. The molecule has 2 aromatic carbocycles. The number of benzene rings is 2. The zero-order valence-electron chi connectivity index (χ0n) is 18.8. The van der Waals surface area contributed by atoms with Crippen molar-refractivity contribution in [1.82, 2.24) is 15.3 Å². The van der Waals surface area contributed by atoms with Crippen molar-refractivity contribution >= 4 is 11.7 Å². The summed E-state index contributed by atoms with van der Waals surface area (Å²) in [4.78, 5) is 24.0. The summed E-state index contributed by atoms with van der Waals surface area (Å²) in [5, 5.41) is 3.11. The highest BCUT2D eigenvalue weighted by atomic mass is 16.5. The minimum atomic E-state index is -0.0908. The smallest absolute Gasteiger partial charge is 0.263 e. The van der Waals surface area contributed by atoms with Crippen molar-refractivity contribution in [1.29, 1.82) is 0 Å². The number of carbonyl (C=O) groups is 1. The van der Waals surface area contributed by atoms with Crippen LogP contribution in [0.3, 0.4) is 0 Å². The number of piperidine rings is 1. The van der Waals surface area contributed by atoms with E-state index in [-0.39, 0.29) is 11.8 Å². The number of hydrogen-bond donors (Lipinski definition) is 1. The molecular weight excluding hydrogens is 400 g/mol. The second-order valence-electron chi connectivity index (χ2n) is 8.23. The van der Waals surface area contributed by atoms with Crippen LogP contribution in [-0.4, -0.2) is 29.0 Å². The molecule has 6 heteroatoms. The van der Waals surface area contributed by atoms with Crippen LogP contribution in [0.5, 0.6) is 11.6 Å². The Hall–Kier alpha value is -3.41. The molecule has 1 aliphatic heterocycles. The molecule has 1 amide bonds. The van der Waals surface area contributed by atoms with Crippen molar-refractivity contribution in [2.45, 2.75) is 39.7 Å². The average molecular weight is 431 g/mol. The van der Waals surface area contributed by atoms with Crippen LogP contribution in [0.1, 0.15) is 36.5 Å². The van der Waals surface area contributed by atoms with E-state index in [1.807, 2.05) is 31.2 Å². The van der Waals surface area contributed by atoms with E-state index in [1.54, 1.807) is 12.4 Å². The van der Waals surface area contributed by atoms with Gasteiger partial charge in [-0.1, -0.05) is 49.4 Å². The van der Waals surface area contributed by atoms with Gasteiger partial charge in [-0.25, -0.2) is 9.97 Å². The molecule has 0 aliphatic carbocycles. The van der Waals surface area contributed by atoms with Crippen molar-refractivity contribution in [3.63, 3.8) is 0 Å². The second kappa shape index (κ2) is 10.3. The molecule has 1 aliphatic rings. The summed E-state index contributed by atoms with van der Waals surface area (Å²) >= 11 is 0. The molecule has 0 radical (unpaired) electrons. The molecule has 1 fully saturated rings. The third-order valence-electron chi connectivity index (χ3n) is 5.94. The summed E-state index contributed by atoms with van der Waals surface area (Å²) in [5.41, 5.74) is 3.45. The van der Waals surface area contributed by atoms with Crippen LogP contribution >= 0.6 is 0 Å². The summed E-state index contributed by atoms with van der Waals surface area (Å²) in [6.45, 7) is 6.11. The first kappa shape index (κ1) is 21.8. The maximum Gasteiger partial charge on any atom is 0.263 e. The number of amides is 1. The number of ether oxygens (including phenoxy) is 1. The van der Waals surface area contributed by atoms with Crippen LogP contribution in [-0.2, 0) is 17.8 Å². The molecule has 4 rings (SSSR count). The van der Waals surface area contributed by atoms with Crippen molar-refractivity contribution in [3.05, 3.63) is 77.6 Å². The number of nitrogens with zero attached hydrogens (tertiary/aromatic N) is 3. The molecule has 1 atom stereocenters. The lowest BCUT2D eigenvalue weighted by Crippen LogP contribution is -2.43. The molecule has 32 heavy (non-hydrogen) atoms. The lowest BCUT2D eigenvalue weighted by atomic mass is 9.97. The highest BCUT2D eigenvalue weighted by molar-refractivity contribution is 5.79. The largest absolute Gasteiger partial charge is 0.436 e. The zero-order valence-corrected chi connectivity index (χ0v) is 18.8. The molecule has 6 nitrogen and oxygen atoms in total. The minimum absolute atomic E-state index is 0.0829. The Balaban J connectivity index is 1.41. The van der Waals surface area contributed by atoms with E-state index in [0.717, 1.165) is 42.7 Å². The third kappa shape index (κ3) is 5.25. The van der Waals surface area contributed by atoms with Gasteiger partial charge in [-0.15, -0.1) is 0 Å². The summed E-state index contributed by atoms with van der Waals surface area (Å²) < 4.78 is 6.10. The first-order chi connectivity index (χ1) is 15.6. The lowest BCUT2D eigenvalue weighted by molar-refractivity contribution is -0.125. The molecule has 0 bridgehead atoms. The summed E-state index contributed by atoms with van der Waals surface area (Å²) in [5.74, 6) is 1.91. The zero-order chi connectivity index (χ0) is 22.3. The van der Waals surface area contributed by atoms with Gasteiger partial charge in [-0.05, 0) is 48.9 Å². The normalized spacial score (nSPS) is 15.9. The highest BCUT2D eigenvalue weighted by Crippen LogP contribution is 2.32. The number of nitrogens with one attached hydrogen (secondary N) is 1. The van der Waals surface area contributed by atoms with Crippen LogP contribution < -0.4 is 15.0 Å². The lowest BCUT2D eigenvalue weighted by Gasteiger charge is -2.33. The molecular formula is C26H30N4O2. The quantitative estimate of drug-likeness (QED) is 0.590. The van der Waals surface area contributed by atoms with E-state index < -0.39 is 0 Å². The predicted molar refractivity (Wildman–Crippen MR) is 126 cm³/mol. The van der Waals surface area contributed by atoms with Crippen molar-refractivity contribution in [2.24, 2.45) is 5.92 Å². The Morgan fingerprint density at radius 2 is 1.84 bits per heavy atom. The Bertz CT molecular complexity index is 1050. The van der Waals surface area contributed by atoms with E-state index >= 15 is 0 Å². The topological polar surface area (TPSA) is 67.4 Å². The second-order valence-corrected chi connectivity index (χ2v) is 8.23. The minimum Gasteiger partial charge on any atom is -0.436 e. The molecule has 1 N–H and O–H groups in total. The fourth-order valence-corrected chi connectivity index (χ4v) is 3.99. The number of hydrogen-bond acceptors (Lipinski definition) is 5. The molecule has 0 saturated carbocycles. The Morgan fingerprint density at radius 3 is 2.62 bits per heavy atom. The number of carbonyl (C=O) groups excluding carboxylic acids is 1. The van der Waals surface area contributed by atoms with Gasteiger partial charge < -0.3 is 15.0 Å². The number of rotatable bonds is 7. The van der Waals surface area contributed by atoms with E-state index in [2.05, 4.69) is 51.4 Å². The molecule has 166 valence electrons. The van der Waals surface area contributed by atoms with Crippen molar-refractivity contribution < 1.29 is 9.53 Å². The van der Waals surface area contributed by atoms with Crippen LogP contribution in [0, 0.1) is 12.8 Å². The van der Waals surface area contributed by atoms with Gasteiger partial charge in [-0.2, -0.15) is 0 Å². The highest BCUT2D eigenvalue weighted by Gasteiger charge is 2.28. The average Bonchev–Trinajstić information content (AvgIpc) is 2.84. The fraction of sp³-hybridized carbons (Fsp3) is 0.346. The molecule has 0 spiro atoms. The monoisotopic (exact) mass is 430 g/mol. The van der Waals surface area contributed by atoms with E-state index in [1.165, 1.54) is 5.56 Å². The van der Waals surface area contributed by atoms with Crippen LogP contribution in [0.4, 0.5) is 5.82 Å². The molecule has 0 unspecified atom stereocenters. The maximum atomic E-state index is 12.9. The number of aromatic nitrogens is 2.